The first-order valence-corrected chi connectivity index (χ1v) is 6.88. The van der Waals surface area contributed by atoms with E-state index in [4.69, 9.17) is 0 Å². The molecular formula is C14H28N2. The summed E-state index contributed by atoms with van der Waals surface area (Å²) in [7, 11) is 0. The van der Waals surface area contributed by atoms with E-state index in [0.717, 1.165) is 19.1 Å². The molecule has 1 saturated carbocycles. The molecule has 0 aromatic rings. The van der Waals surface area contributed by atoms with Gasteiger partial charge in [0.15, 0.2) is 0 Å². The number of rotatable bonds is 1. The number of hydrogen-bond donors (Lipinski definition) is 1. The summed E-state index contributed by atoms with van der Waals surface area (Å²) in [6.45, 7) is 13.1. The number of nitrogens with one attached hydrogen (secondary N) is 1. The van der Waals surface area contributed by atoms with E-state index in [1.165, 1.54) is 32.2 Å². The zero-order valence-electron chi connectivity index (χ0n) is 11.5. The molecule has 94 valence electrons. The average Bonchev–Trinajstić information content (AvgIpc) is 2.62. The lowest BCUT2D eigenvalue weighted by molar-refractivity contribution is 0.0550. The first kappa shape index (κ1) is 12.4. The van der Waals surface area contributed by atoms with Crippen LogP contribution in [0.3, 0.4) is 0 Å². The molecule has 0 bridgehead atoms. The molecule has 0 aromatic heterocycles. The second kappa shape index (κ2) is 4.30. The summed E-state index contributed by atoms with van der Waals surface area (Å²) in [5.74, 6) is 0. The van der Waals surface area contributed by atoms with E-state index in [1.807, 2.05) is 0 Å². The van der Waals surface area contributed by atoms with E-state index in [0.29, 0.717) is 11.0 Å². The van der Waals surface area contributed by atoms with Gasteiger partial charge in [-0.3, -0.25) is 4.90 Å². The Bertz CT molecular complexity index is 239. The summed E-state index contributed by atoms with van der Waals surface area (Å²) in [5.41, 5.74) is 0.735. The Labute approximate surface area is 101 Å². The lowest BCUT2D eigenvalue weighted by Gasteiger charge is -2.43. The van der Waals surface area contributed by atoms with Gasteiger partial charge in [0, 0.05) is 31.2 Å². The Balaban J connectivity index is 2.15. The highest BCUT2D eigenvalue weighted by Crippen LogP contribution is 2.33. The van der Waals surface area contributed by atoms with Crippen molar-refractivity contribution in [2.24, 2.45) is 5.41 Å². The second-order valence-corrected chi connectivity index (χ2v) is 7.15. The minimum absolute atomic E-state index is 0.322. The summed E-state index contributed by atoms with van der Waals surface area (Å²) in [5, 5.41) is 3.64. The van der Waals surface area contributed by atoms with Gasteiger partial charge in [0.1, 0.15) is 0 Å². The van der Waals surface area contributed by atoms with Gasteiger partial charge >= 0.3 is 0 Å². The van der Waals surface area contributed by atoms with Crippen LogP contribution in [-0.4, -0.2) is 36.1 Å². The van der Waals surface area contributed by atoms with Gasteiger partial charge in [0.05, 0.1) is 0 Å². The topological polar surface area (TPSA) is 15.3 Å². The fourth-order valence-electron chi connectivity index (χ4n) is 3.38. The third-order valence-corrected chi connectivity index (χ3v) is 4.30. The molecule has 0 atom stereocenters. The summed E-state index contributed by atoms with van der Waals surface area (Å²) in [4.78, 5) is 2.79. The van der Waals surface area contributed by atoms with Crippen LogP contribution in [0, 0.1) is 5.41 Å². The highest BCUT2D eigenvalue weighted by atomic mass is 15.3. The summed E-state index contributed by atoms with van der Waals surface area (Å²) in [6, 6.07) is 0.842. The van der Waals surface area contributed by atoms with Crippen LogP contribution in [0.15, 0.2) is 0 Å². The van der Waals surface area contributed by atoms with E-state index in [-0.39, 0.29) is 0 Å². The third kappa shape index (κ3) is 2.60. The van der Waals surface area contributed by atoms with E-state index >= 15 is 0 Å². The van der Waals surface area contributed by atoms with Gasteiger partial charge in [0.2, 0.25) is 0 Å². The van der Waals surface area contributed by atoms with Crippen molar-refractivity contribution in [3.05, 3.63) is 0 Å². The Morgan fingerprint density at radius 3 is 2.25 bits per heavy atom. The predicted octanol–water partition coefficient (Wildman–Crippen LogP) is 2.64. The SMILES string of the molecule is CC1(C)CNCC(C)(C)N(C2CCCC2)C1. The van der Waals surface area contributed by atoms with Crippen LogP contribution in [0.5, 0.6) is 0 Å². The summed E-state index contributed by atoms with van der Waals surface area (Å²) >= 11 is 0. The normalized spacial score (nSPS) is 31.5. The van der Waals surface area contributed by atoms with Crippen LogP contribution in [0.4, 0.5) is 0 Å². The minimum Gasteiger partial charge on any atom is -0.314 e. The van der Waals surface area contributed by atoms with E-state index in [2.05, 4.69) is 37.9 Å². The Kier molecular flexibility index (Phi) is 3.33. The van der Waals surface area contributed by atoms with Gasteiger partial charge in [-0.2, -0.15) is 0 Å². The van der Waals surface area contributed by atoms with E-state index in [1.54, 1.807) is 0 Å². The van der Waals surface area contributed by atoms with Gasteiger partial charge in [-0.1, -0.05) is 26.7 Å². The number of nitrogens with zero attached hydrogens (tertiary/aromatic N) is 1. The van der Waals surface area contributed by atoms with Gasteiger partial charge in [-0.25, -0.2) is 0 Å². The molecule has 0 radical (unpaired) electrons. The summed E-state index contributed by atoms with van der Waals surface area (Å²) < 4.78 is 0. The lowest BCUT2D eigenvalue weighted by atomic mass is 9.90. The molecule has 2 nitrogen and oxygen atoms in total. The van der Waals surface area contributed by atoms with Crippen LogP contribution in [-0.2, 0) is 0 Å². The molecule has 0 amide bonds. The first-order chi connectivity index (χ1) is 7.41. The minimum atomic E-state index is 0.322. The average molecular weight is 224 g/mol. The standard InChI is InChI=1S/C14H28N2/c1-13(2)9-15-10-14(3,4)16(11-13)12-7-5-6-8-12/h12,15H,5-11H2,1-4H3. The largest absolute Gasteiger partial charge is 0.314 e. The van der Waals surface area contributed by atoms with Gasteiger partial charge in [-0.05, 0) is 32.1 Å². The van der Waals surface area contributed by atoms with Crippen molar-refractivity contribution in [1.29, 1.82) is 0 Å². The fraction of sp³-hybridized carbons (Fsp3) is 1.00. The van der Waals surface area contributed by atoms with Crippen molar-refractivity contribution in [3.8, 4) is 0 Å². The molecule has 1 aliphatic carbocycles. The number of hydrogen-bond acceptors (Lipinski definition) is 2. The summed E-state index contributed by atoms with van der Waals surface area (Å²) in [6.07, 6.45) is 5.70. The van der Waals surface area contributed by atoms with Crippen LogP contribution in [0.2, 0.25) is 0 Å². The van der Waals surface area contributed by atoms with Gasteiger partial charge in [-0.15, -0.1) is 0 Å². The van der Waals surface area contributed by atoms with Crippen LogP contribution >= 0.6 is 0 Å². The molecule has 0 spiro atoms. The predicted molar refractivity (Wildman–Crippen MR) is 69.7 cm³/mol. The maximum Gasteiger partial charge on any atom is 0.0280 e. The third-order valence-electron chi connectivity index (χ3n) is 4.30. The second-order valence-electron chi connectivity index (χ2n) is 7.15. The molecule has 2 heteroatoms. The van der Waals surface area contributed by atoms with Crippen LogP contribution in [0.25, 0.3) is 0 Å². The zero-order valence-corrected chi connectivity index (χ0v) is 11.5. The van der Waals surface area contributed by atoms with Crippen molar-refractivity contribution in [2.45, 2.75) is 65.0 Å². The maximum absolute atomic E-state index is 3.64. The van der Waals surface area contributed by atoms with Crippen molar-refractivity contribution in [3.63, 3.8) is 0 Å². The molecule has 16 heavy (non-hydrogen) atoms. The molecule has 2 fully saturated rings. The van der Waals surface area contributed by atoms with Crippen LogP contribution in [0.1, 0.15) is 53.4 Å². The Morgan fingerprint density at radius 2 is 1.62 bits per heavy atom. The molecule has 2 rings (SSSR count). The smallest absolute Gasteiger partial charge is 0.0280 e. The maximum atomic E-state index is 3.64. The molecular weight excluding hydrogens is 196 g/mol. The van der Waals surface area contributed by atoms with Crippen molar-refractivity contribution < 1.29 is 0 Å². The monoisotopic (exact) mass is 224 g/mol. The van der Waals surface area contributed by atoms with Gasteiger partial charge in [0.25, 0.3) is 0 Å². The quantitative estimate of drug-likeness (QED) is 0.736. The highest BCUT2D eigenvalue weighted by Gasteiger charge is 2.39. The van der Waals surface area contributed by atoms with Crippen molar-refractivity contribution in [1.82, 2.24) is 10.2 Å². The molecule has 0 unspecified atom stereocenters. The van der Waals surface area contributed by atoms with Crippen molar-refractivity contribution >= 4 is 0 Å². The zero-order chi connectivity index (χ0) is 11.8. The molecule has 2 aliphatic rings. The van der Waals surface area contributed by atoms with Crippen molar-refractivity contribution in [2.75, 3.05) is 19.6 Å². The Morgan fingerprint density at radius 1 is 1.00 bits per heavy atom. The lowest BCUT2D eigenvalue weighted by Crippen LogP contribution is -2.53. The van der Waals surface area contributed by atoms with E-state index < -0.39 is 0 Å². The van der Waals surface area contributed by atoms with Crippen LogP contribution < -0.4 is 5.32 Å². The molecule has 1 saturated heterocycles. The van der Waals surface area contributed by atoms with Gasteiger partial charge < -0.3 is 5.32 Å². The molecule has 1 aliphatic heterocycles. The highest BCUT2D eigenvalue weighted by molar-refractivity contribution is 4.96. The Hall–Kier alpha value is -0.0800. The fourth-order valence-corrected chi connectivity index (χ4v) is 3.38. The van der Waals surface area contributed by atoms with E-state index in [9.17, 15) is 0 Å². The molecule has 1 N–H and O–H groups in total. The molecule has 0 aromatic carbocycles. The molecule has 1 heterocycles. The first-order valence-electron chi connectivity index (χ1n) is 6.88.